The first-order valence-electron chi connectivity index (χ1n) is 9.34. The summed E-state index contributed by atoms with van der Waals surface area (Å²) in [5.41, 5.74) is 3.59. The molecule has 2 aromatic heterocycles. The van der Waals surface area contributed by atoms with E-state index in [-0.39, 0.29) is 17.6 Å². The van der Waals surface area contributed by atoms with Crippen molar-refractivity contribution in [2.75, 3.05) is 26.6 Å². The molecule has 29 heavy (non-hydrogen) atoms. The second-order valence-electron chi connectivity index (χ2n) is 6.83. The predicted molar refractivity (Wildman–Crippen MR) is 113 cm³/mol. The summed E-state index contributed by atoms with van der Waals surface area (Å²) in [6, 6.07) is 9.76. The minimum absolute atomic E-state index is 0.0635. The highest BCUT2D eigenvalue weighted by Gasteiger charge is 2.20. The number of thioether (sulfide) groups is 1. The van der Waals surface area contributed by atoms with E-state index in [0.29, 0.717) is 11.8 Å². The van der Waals surface area contributed by atoms with Crippen molar-refractivity contribution in [3.63, 3.8) is 0 Å². The van der Waals surface area contributed by atoms with Gasteiger partial charge in [0.25, 0.3) is 0 Å². The van der Waals surface area contributed by atoms with Gasteiger partial charge in [0.1, 0.15) is 12.1 Å². The quantitative estimate of drug-likeness (QED) is 0.391. The Kier molecular flexibility index (Phi) is 6.76. The summed E-state index contributed by atoms with van der Waals surface area (Å²) in [6.07, 6.45) is 1.63. The Morgan fingerprint density at radius 3 is 2.72 bits per heavy atom. The van der Waals surface area contributed by atoms with E-state index in [1.165, 1.54) is 11.8 Å². The highest BCUT2D eigenvalue weighted by molar-refractivity contribution is 7.99. The van der Waals surface area contributed by atoms with Crippen molar-refractivity contribution in [1.29, 1.82) is 0 Å². The normalized spacial score (nSPS) is 12.2. The number of methoxy groups -OCH3 is 2. The van der Waals surface area contributed by atoms with Crippen molar-refractivity contribution >= 4 is 17.5 Å². The number of benzene rings is 1. The number of nitrogens with zero attached hydrogens (tertiary/aromatic N) is 4. The number of rotatable bonds is 9. The Balaban J connectivity index is 1.78. The van der Waals surface area contributed by atoms with Crippen LogP contribution in [0.1, 0.15) is 34.7 Å². The largest absolute Gasteiger partial charge is 0.495 e. The van der Waals surface area contributed by atoms with Crippen LogP contribution in [0.2, 0.25) is 0 Å². The molecule has 0 N–H and O–H groups in total. The molecule has 0 radical (unpaired) electrons. The molecular formula is C21H26N4O3S. The van der Waals surface area contributed by atoms with Gasteiger partial charge in [0.2, 0.25) is 0 Å². The molecule has 0 spiro atoms. The summed E-state index contributed by atoms with van der Waals surface area (Å²) >= 11 is 1.36. The molecule has 3 rings (SSSR count). The van der Waals surface area contributed by atoms with Gasteiger partial charge in [-0.1, -0.05) is 23.9 Å². The molecule has 154 valence electrons. The van der Waals surface area contributed by atoms with Gasteiger partial charge in [-0.25, -0.2) is 0 Å². The number of aromatic nitrogens is 4. The van der Waals surface area contributed by atoms with Gasteiger partial charge < -0.3 is 14.0 Å². The van der Waals surface area contributed by atoms with Crippen molar-refractivity contribution < 1.29 is 14.3 Å². The van der Waals surface area contributed by atoms with Crippen molar-refractivity contribution in [1.82, 2.24) is 19.3 Å². The van der Waals surface area contributed by atoms with Crippen LogP contribution in [-0.4, -0.2) is 51.7 Å². The summed E-state index contributed by atoms with van der Waals surface area (Å²) in [6.45, 7) is 6.68. The summed E-state index contributed by atoms with van der Waals surface area (Å²) in [4.78, 5) is 12.9. The number of para-hydroxylation sites is 2. The smallest absolute Gasteiger partial charge is 0.196 e. The third kappa shape index (κ3) is 4.38. The first-order valence-corrected chi connectivity index (χ1v) is 10.3. The molecule has 0 unspecified atom stereocenters. The standard InChI is InChI=1S/C21H26N4O3S/c1-14-10-17(16(3)25(14)15(2)11-27-4)19(26)12-29-21-23-22-13-24(21)18-8-6-7-9-20(18)28-5/h6-10,13,15H,11-12H2,1-5H3/t15-/m0/s1. The topological polar surface area (TPSA) is 71.2 Å². The second-order valence-corrected chi connectivity index (χ2v) is 7.77. The monoisotopic (exact) mass is 414 g/mol. The molecule has 7 nitrogen and oxygen atoms in total. The van der Waals surface area contributed by atoms with Crippen LogP contribution < -0.4 is 4.74 Å². The number of Topliss-reactive ketones (excluding diaryl/α,β-unsaturated/α-hetero) is 1. The van der Waals surface area contributed by atoms with E-state index in [0.717, 1.165) is 28.4 Å². The third-order valence-corrected chi connectivity index (χ3v) is 5.77. The maximum absolute atomic E-state index is 12.9. The fourth-order valence-corrected chi connectivity index (χ4v) is 4.38. The number of hydrogen-bond acceptors (Lipinski definition) is 6. The van der Waals surface area contributed by atoms with E-state index in [1.54, 1.807) is 20.5 Å². The van der Waals surface area contributed by atoms with Gasteiger partial charge in [-0.2, -0.15) is 0 Å². The zero-order valence-electron chi connectivity index (χ0n) is 17.4. The van der Waals surface area contributed by atoms with Gasteiger partial charge in [0, 0.05) is 24.1 Å². The van der Waals surface area contributed by atoms with Crippen LogP contribution in [0.25, 0.3) is 5.69 Å². The lowest BCUT2D eigenvalue weighted by Gasteiger charge is -2.17. The predicted octanol–water partition coefficient (Wildman–Crippen LogP) is 3.88. The maximum Gasteiger partial charge on any atom is 0.196 e. The average Bonchev–Trinajstić information content (AvgIpc) is 3.30. The van der Waals surface area contributed by atoms with E-state index < -0.39 is 0 Å². The van der Waals surface area contributed by atoms with Crippen molar-refractivity contribution in [3.8, 4) is 11.4 Å². The lowest BCUT2D eigenvalue weighted by Crippen LogP contribution is -2.14. The van der Waals surface area contributed by atoms with E-state index in [2.05, 4.69) is 21.7 Å². The highest BCUT2D eigenvalue weighted by Crippen LogP contribution is 2.28. The molecule has 0 bridgehead atoms. The fourth-order valence-electron chi connectivity index (χ4n) is 3.58. The van der Waals surface area contributed by atoms with Gasteiger partial charge in [-0.05, 0) is 39.0 Å². The molecule has 3 aromatic rings. The molecule has 0 amide bonds. The van der Waals surface area contributed by atoms with Crippen molar-refractivity contribution in [2.45, 2.75) is 32.0 Å². The molecule has 0 aliphatic heterocycles. The number of hydrogen-bond donors (Lipinski definition) is 0. The van der Waals surface area contributed by atoms with E-state index in [9.17, 15) is 4.79 Å². The molecule has 1 aromatic carbocycles. The van der Waals surface area contributed by atoms with E-state index in [1.807, 2.05) is 48.7 Å². The Morgan fingerprint density at radius 2 is 2.00 bits per heavy atom. The summed E-state index contributed by atoms with van der Waals surface area (Å²) in [5, 5.41) is 8.83. The van der Waals surface area contributed by atoms with E-state index in [4.69, 9.17) is 9.47 Å². The summed E-state index contributed by atoms with van der Waals surface area (Å²) < 4.78 is 14.7. The van der Waals surface area contributed by atoms with Gasteiger partial charge in [-0.15, -0.1) is 10.2 Å². The number of carbonyl (C=O) groups is 1. The molecular weight excluding hydrogens is 388 g/mol. The minimum Gasteiger partial charge on any atom is -0.495 e. The zero-order valence-corrected chi connectivity index (χ0v) is 18.2. The first kappa shape index (κ1) is 21.1. The Morgan fingerprint density at radius 1 is 1.24 bits per heavy atom. The zero-order chi connectivity index (χ0) is 21.0. The number of carbonyl (C=O) groups excluding carboxylic acids is 1. The first-order chi connectivity index (χ1) is 14.0. The number of ether oxygens (including phenoxy) is 2. The van der Waals surface area contributed by atoms with Crippen LogP contribution in [0.5, 0.6) is 5.75 Å². The van der Waals surface area contributed by atoms with Gasteiger partial charge in [0.15, 0.2) is 10.9 Å². The molecule has 0 saturated carbocycles. The Hall–Kier alpha value is -2.58. The lowest BCUT2D eigenvalue weighted by atomic mass is 10.2. The summed E-state index contributed by atoms with van der Waals surface area (Å²) in [5.74, 6) is 1.06. The fraction of sp³-hybridized carbons (Fsp3) is 0.381. The van der Waals surface area contributed by atoms with Crippen molar-refractivity contribution in [3.05, 3.63) is 53.6 Å². The molecule has 1 atom stereocenters. The molecule has 0 fully saturated rings. The van der Waals surface area contributed by atoms with Crippen LogP contribution in [0.4, 0.5) is 0 Å². The Labute approximate surface area is 175 Å². The molecule has 0 aliphatic carbocycles. The highest BCUT2D eigenvalue weighted by atomic mass is 32.2. The Bertz CT molecular complexity index is 996. The minimum atomic E-state index is 0.0635. The van der Waals surface area contributed by atoms with Crippen molar-refractivity contribution in [2.24, 2.45) is 0 Å². The second kappa shape index (κ2) is 9.28. The van der Waals surface area contributed by atoms with Crippen LogP contribution in [0.15, 0.2) is 41.8 Å². The average molecular weight is 415 g/mol. The lowest BCUT2D eigenvalue weighted by molar-refractivity contribution is 0.102. The SMILES string of the molecule is COC[C@H](C)n1c(C)cc(C(=O)CSc2nncn2-c2ccccc2OC)c1C. The van der Waals surface area contributed by atoms with Crippen LogP contribution in [0, 0.1) is 13.8 Å². The van der Waals surface area contributed by atoms with Gasteiger partial charge >= 0.3 is 0 Å². The van der Waals surface area contributed by atoms with E-state index >= 15 is 0 Å². The van der Waals surface area contributed by atoms with Gasteiger partial charge in [0.05, 0.1) is 31.2 Å². The van der Waals surface area contributed by atoms with Crippen LogP contribution in [-0.2, 0) is 4.74 Å². The van der Waals surface area contributed by atoms with Crippen LogP contribution in [0.3, 0.4) is 0 Å². The molecule has 0 aliphatic rings. The molecule has 8 heteroatoms. The van der Waals surface area contributed by atoms with Gasteiger partial charge in [-0.3, -0.25) is 9.36 Å². The number of aryl methyl sites for hydroxylation is 1. The third-order valence-electron chi connectivity index (χ3n) is 4.83. The summed E-state index contributed by atoms with van der Waals surface area (Å²) in [7, 11) is 3.31. The maximum atomic E-state index is 12.9. The number of ketones is 1. The molecule has 2 heterocycles. The van der Waals surface area contributed by atoms with Crippen LogP contribution >= 0.6 is 11.8 Å². The molecule has 0 saturated heterocycles.